The van der Waals surface area contributed by atoms with E-state index in [2.05, 4.69) is 46.9 Å². The number of nitrogens with two attached hydrogens (primary N) is 1. The molecule has 3 nitrogen and oxygen atoms in total. The summed E-state index contributed by atoms with van der Waals surface area (Å²) < 4.78 is 0. The van der Waals surface area contributed by atoms with Gasteiger partial charge in [-0.2, -0.15) is 0 Å². The summed E-state index contributed by atoms with van der Waals surface area (Å²) in [4.78, 5) is 0. The summed E-state index contributed by atoms with van der Waals surface area (Å²) in [6, 6.07) is 0. The molecule has 0 aromatic carbocycles. The first-order valence-electron chi connectivity index (χ1n) is 5.13. The average molecular weight is 199 g/mol. The smallest absolute Gasteiger partial charge is 0.185 e. The van der Waals surface area contributed by atoms with Crippen molar-refractivity contribution in [3.63, 3.8) is 0 Å². The second-order valence-corrected chi connectivity index (χ2v) is 6.08. The van der Waals surface area contributed by atoms with E-state index in [0.29, 0.717) is 5.92 Å². The summed E-state index contributed by atoms with van der Waals surface area (Å²) in [6.07, 6.45) is 0. The molecule has 0 saturated carbocycles. The SMILES string of the molecule is CC(C)(C)C(CNC(=N)N)C(C)(C)C. The van der Waals surface area contributed by atoms with Crippen LogP contribution in [-0.2, 0) is 0 Å². The van der Waals surface area contributed by atoms with Crippen LogP contribution in [0.1, 0.15) is 41.5 Å². The number of guanidine groups is 1. The van der Waals surface area contributed by atoms with E-state index < -0.39 is 0 Å². The monoisotopic (exact) mass is 199 g/mol. The predicted molar refractivity (Wildman–Crippen MR) is 62.3 cm³/mol. The van der Waals surface area contributed by atoms with Crippen LogP contribution in [0, 0.1) is 22.2 Å². The fourth-order valence-corrected chi connectivity index (χ4v) is 2.12. The van der Waals surface area contributed by atoms with Gasteiger partial charge in [0.2, 0.25) is 0 Å². The van der Waals surface area contributed by atoms with Crippen LogP contribution >= 0.6 is 0 Å². The fourth-order valence-electron chi connectivity index (χ4n) is 2.12. The van der Waals surface area contributed by atoms with Crippen LogP contribution in [0.5, 0.6) is 0 Å². The van der Waals surface area contributed by atoms with Gasteiger partial charge in [0.15, 0.2) is 5.96 Å². The van der Waals surface area contributed by atoms with Gasteiger partial charge in [-0.15, -0.1) is 0 Å². The Balaban J connectivity index is 4.51. The topological polar surface area (TPSA) is 61.9 Å². The van der Waals surface area contributed by atoms with Crippen molar-refractivity contribution in [1.29, 1.82) is 5.41 Å². The Labute approximate surface area is 88.0 Å². The highest BCUT2D eigenvalue weighted by Crippen LogP contribution is 2.39. The van der Waals surface area contributed by atoms with Gasteiger partial charge in [-0.1, -0.05) is 41.5 Å². The minimum Gasteiger partial charge on any atom is -0.370 e. The Morgan fingerprint density at radius 2 is 1.50 bits per heavy atom. The summed E-state index contributed by atoms with van der Waals surface area (Å²) in [5, 5.41) is 10.1. The first kappa shape index (κ1) is 13.3. The van der Waals surface area contributed by atoms with Crippen molar-refractivity contribution >= 4 is 5.96 Å². The number of rotatable bonds is 2. The van der Waals surface area contributed by atoms with Crippen LogP contribution in [0.4, 0.5) is 0 Å². The number of hydrogen-bond acceptors (Lipinski definition) is 1. The van der Waals surface area contributed by atoms with E-state index in [-0.39, 0.29) is 16.8 Å². The second-order valence-electron chi connectivity index (χ2n) is 6.08. The molecule has 0 amide bonds. The van der Waals surface area contributed by atoms with E-state index in [0.717, 1.165) is 6.54 Å². The van der Waals surface area contributed by atoms with Crippen molar-refractivity contribution < 1.29 is 0 Å². The summed E-state index contributed by atoms with van der Waals surface area (Å²) >= 11 is 0. The second kappa shape index (κ2) is 4.20. The lowest BCUT2D eigenvalue weighted by atomic mass is 9.66. The van der Waals surface area contributed by atoms with Crippen LogP contribution in [0.15, 0.2) is 0 Å². The zero-order valence-electron chi connectivity index (χ0n) is 10.4. The molecule has 0 heterocycles. The molecule has 0 radical (unpaired) electrons. The van der Waals surface area contributed by atoms with Crippen LogP contribution < -0.4 is 11.1 Å². The van der Waals surface area contributed by atoms with Crippen molar-refractivity contribution in [3.8, 4) is 0 Å². The lowest BCUT2D eigenvalue weighted by Crippen LogP contribution is -2.43. The molecule has 0 saturated heterocycles. The molecule has 3 heteroatoms. The molecular weight excluding hydrogens is 174 g/mol. The van der Waals surface area contributed by atoms with Gasteiger partial charge in [0.25, 0.3) is 0 Å². The van der Waals surface area contributed by atoms with Crippen molar-refractivity contribution in [2.45, 2.75) is 41.5 Å². The van der Waals surface area contributed by atoms with E-state index in [1.807, 2.05) is 0 Å². The Kier molecular flexibility index (Phi) is 3.98. The van der Waals surface area contributed by atoms with Crippen LogP contribution in [0.25, 0.3) is 0 Å². The first-order valence-corrected chi connectivity index (χ1v) is 5.13. The molecule has 0 aliphatic heterocycles. The van der Waals surface area contributed by atoms with E-state index in [1.54, 1.807) is 0 Å². The largest absolute Gasteiger partial charge is 0.370 e. The molecule has 4 N–H and O–H groups in total. The highest BCUT2D eigenvalue weighted by Gasteiger charge is 2.34. The maximum Gasteiger partial charge on any atom is 0.185 e. The minimum absolute atomic E-state index is 0.0588. The molecule has 0 aliphatic carbocycles. The van der Waals surface area contributed by atoms with Gasteiger partial charge in [0.05, 0.1) is 0 Å². The van der Waals surface area contributed by atoms with Crippen LogP contribution in [-0.4, -0.2) is 12.5 Å². The number of nitrogens with one attached hydrogen (secondary N) is 2. The highest BCUT2D eigenvalue weighted by molar-refractivity contribution is 5.74. The molecule has 0 unspecified atom stereocenters. The first-order chi connectivity index (χ1) is 6.05. The molecule has 0 aromatic heterocycles. The van der Waals surface area contributed by atoms with Gasteiger partial charge in [-0.25, -0.2) is 0 Å². The van der Waals surface area contributed by atoms with E-state index >= 15 is 0 Å². The normalized spacial score (nSPS) is 13.1. The average Bonchev–Trinajstić information content (AvgIpc) is 1.78. The Hall–Kier alpha value is -0.730. The van der Waals surface area contributed by atoms with Crippen molar-refractivity contribution in [2.24, 2.45) is 22.5 Å². The van der Waals surface area contributed by atoms with E-state index in [9.17, 15) is 0 Å². The van der Waals surface area contributed by atoms with Gasteiger partial charge < -0.3 is 11.1 Å². The Morgan fingerprint density at radius 1 is 1.14 bits per heavy atom. The molecule has 0 fully saturated rings. The molecule has 0 spiro atoms. The third-order valence-electron chi connectivity index (χ3n) is 2.59. The Morgan fingerprint density at radius 3 is 1.71 bits per heavy atom. The van der Waals surface area contributed by atoms with Gasteiger partial charge in [-0.05, 0) is 16.7 Å². The quantitative estimate of drug-likeness (QED) is 0.471. The molecular formula is C11H25N3. The summed E-state index contributed by atoms with van der Waals surface area (Å²) in [6.45, 7) is 14.1. The molecule has 0 aliphatic rings. The third-order valence-corrected chi connectivity index (χ3v) is 2.59. The minimum atomic E-state index is 0.0588. The summed E-state index contributed by atoms with van der Waals surface area (Å²) in [5.41, 5.74) is 5.75. The summed E-state index contributed by atoms with van der Waals surface area (Å²) in [7, 11) is 0. The molecule has 84 valence electrons. The maximum atomic E-state index is 7.16. The number of hydrogen-bond donors (Lipinski definition) is 3. The fraction of sp³-hybridized carbons (Fsp3) is 0.909. The van der Waals surface area contributed by atoms with Gasteiger partial charge >= 0.3 is 0 Å². The van der Waals surface area contributed by atoms with Gasteiger partial charge in [-0.3, -0.25) is 5.41 Å². The zero-order valence-corrected chi connectivity index (χ0v) is 10.4. The molecule has 14 heavy (non-hydrogen) atoms. The standard InChI is InChI=1S/C11H25N3/c1-10(2,3)8(11(4,5)6)7-14-9(12)13/h8H,7H2,1-6H3,(H4,12,13,14). The van der Waals surface area contributed by atoms with Crippen molar-refractivity contribution in [1.82, 2.24) is 5.32 Å². The maximum absolute atomic E-state index is 7.16. The molecule has 0 aromatic rings. The predicted octanol–water partition coefficient (Wildman–Crippen LogP) is 2.18. The zero-order chi connectivity index (χ0) is 11.6. The van der Waals surface area contributed by atoms with Crippen LogP contribution in [0.3, 0.4) is 0 Å². The van der Waals surface area contributed by atoms with Gasteiger partial charge in [0.1, 0.15) is 0 Å². The highest BCUT2D eigenvalue weighted by atomic mass is 15.0. The van der Waals surface area contributed by atoms with Gasteiger partial charge in [0, 0.05) is 6.54 Å². The molecule has 0 rings (SSSR count). The van der Waals surface area contributed by atoms with Crippen molar-refractivity contribution in [3.05, 3.63) is 0 Å². The van der Waals surface area contributed by atoms with E-state index in [1.165, 1.54) is 0 Å². The van der Waals surface area contributed by atoms with Crippen LogP contribution in [0.2, 0.25) is 0 Å². The molecule has 0 atom stereocenters. The van der Waals surface area contributed by atoms with E-state index in [4.69, 9.17) is 11.1 Å². The summed E-state index contributed by atoms with van der Waals surface area (Å²) in [5.74, 6) is 0.544. The lowest BCUT2D eigenvalue weighted by Gasteiger charge is -2.40. The Bertz CT molecular complexity index is 182. The molecule has 0 bridgehead atoms. The van der Waals surface area contributed by atoms with Crippen molar-refractivity contribution in [2.75, 3.05) is 6.54 Å². The lowest BCUT2D eigenvalue weighted by molar-refractivity contribution is 0.105. The third kappa shape index (κ3) is 4.49.